The van der Waals surface area contributed by atoms with Crippen molar-refractivity contribution in [1.82, 2.24) is 20.8 Å². The summed E-state index contributed by atoms with van der Waals surface area (Å²) in [5, 5.41) is 22.3. The van der Waals surface area contributed by atoms with Gasteiger partial charge < -0.3 is 49.2 Å². The molecule has 1 heterocycles. The Hall–Kier alpha value is -5.12. The van der Waals surface area contributed by atoms with Crippen molar-refractivity contribution in [2.45, 2.75) is 208 Å². The Morgan fingerprint density at radius 2 is 1.14 bits per heavy atom. The lowest BCUT2D eigenvalue weighted by Gasteiger charge is -2.40. The molecule has 2 aliphatic rings. The third-order valence-corrected chi connectivity index (χ3v) is 21.6. The van der Waals surface area contributed by atoms with Gasteiger partial charge in [0.05, 0.1) is 24.3 Å². The molecule has 19 heteroatoms. The van der Waals surface area contributed by atoms with Gasteiger partial charge in [-0.3, -0.25) is 9.59 Å². The van der Waals surface area contributed by atoms with Crippen molar-refractivity contribution in [3.05, 3.63) is 70.1 Å². The van der Waals surface area contributed by atoms with E-state index in [1.54, 1.807) is 19.9 Å². The van der Waals surface area contributed by atoms with Gasteiger partial charge in [-0.05, 0) is 112 Å². The summed E-state index contributed by atoms with van der Waals surface area (Å²) in [6, 6.07) is 11.1. The van der Waals surface area contributed by atoms with Gasteiger partial charge in [0.2, 0.25) is 11.7 Å². The zero-order chi connectivity index (χ0) is 53.4. The van der Waals surface area contributed by atoms with E-state index < -0.39 is 52.0 Å². The highest BCUT2D eigenvalue weighted by Gasteiger charge is 2.46. The average Bonchev–Trinajstić information content (AvgIpc) is 3.93. The van der Waals surface area contributed by atoms with Crippen LogP contribution in [-0.4, -0.2) is 85.4 Å². The minimum absolute atomic E-state index is 0.0391. The number of nitrogens with one attached hydrogen (secondary N) is 2. The predicted molar refractivity (Wildman–Crippen MR) is 276 cm³/mol. The number of amides is 2. The number of benzene rings is 2. The van der Waals surface area contributed by atoms with Crippen molar-refractivity contribution < 1.29 is 52.0 Å². The average molecular weight is 1010 g/mol. The number of alkyl carbamates (subject to hydrolysis) is 2. The molecule has 390 valence electrons. The first kappa shape index (κ1) is 59.2. The van der Waals surface area contributed by atoms with Crippen LogP contribution >= 0.6 is 0 Å². The van der Waals surface area contributed by atoms with Crippen LogP contribution in [0.15, 0.2) is 46.1 Å². The van der Waals surface area contributed by atoms with Crippen LogP contribution in [0.2, 0.25) is 36.3 Å². The summed E-state index contributed by atoms with van der Waals surface area (Å²) in [4.78, 5) is 50.3. The molecule has 2 amide bonds. The quantitative estimate of drug-likeness (QED) is 0.0204. The SMILES string of the molecule is CC(C)(C)OC(=O)N[C@H]1c2ccc(C(N)=NO)cc2C[C@@H]1O[Si](C)(C)C(C)(C)C.CCC(=O)OC(=O)CC.CCc1nc(-c2ccc3c(c2)C[C@H](O[Si](C)(C)C(C)(C)C)[C@H]3NC(=O)OC(C)(C)C)no1. The highest BCUT2D eigenvalue weighted by molar-refractivity contribution is 6.74. The Bertz CT molecular complexity index is 2310. The monoisotopic (exact) mass is 1010 g/mol. The van der Waals surface area contributed by atoms with Crippen molar-refractivity contribution in [3.63, 3.8) is 0 Å². The van der Waals surface area contributed by atoms with Crippen LogP contribution in [0.5, 0.6) is 0 Å². The summed E-state index contributed by atoms with van der Waals surface area (Å²) < 4.78 is 34.0. The summed E-state index contributed by atoms with van der Waals surface area (Å²) >= 11 is 0. The molecule has 5 rings (SSSR count). The van der Waals surface area contributed by atoms with E-state index in [1.165, 1.54) is 0 Å². The van der Waals surface area contributed by atoms with Crippen LogP contribution in [0.4, 0.5) is 9.59 Å². The maximum absolute atomic E-state index is 12.6. The van der Waals surface area contributed by atoms with Gasteiger partial charge in [0.25, 0.3) is 0 Å². The molecule has 0 saturated heterocycles. The number of carbonyl (C=O) groups is 4. The molecule has 17 nitrogen and oxygen atoms in total. The Labute approximate surface area is 418 Å². The molecule has 0 unspecified atom stereocenters. The topological polar surface area (TPSA) is 236 Å². The third kappa shape index (κ3) is 16.8. The minimum Gasteiger partial charge on any atom is -0.444 e. The van der Waals surface area contributed by atoms with Crippen LogP contribution in [0, 0.1) is 0 Å². The third-order valence-electron chi connectivity index (χ3n) is 12.6. The van der Waals surface area contributed by atoms with Crippen LogP contribution in [-0.2, 0) is 51.9 Å². The van der Waals surface area contributed by atoms with Gasteiger partial charge in [-0.15, -0.1) is 0 Å². The molecule has 4 atom stereocenters. The second-order valence-corrected chi connectivity index (χ2v) is 32.2. The molecule has 0 spiro atoms. The summed E-state index contributed by atoms with van der Waals surface area (Å²) in [6.07, 6.45) is 1.27. The smallest absolute Gasteiger partial charge is 0.408 e. The van der Waals surface area contributed by atoms with E-state index in [1.807, 2.05) is 72.7 Å². The Balaban J connectivity index is 0.000000316. The number of fused-ring (bicyclic) bond motifs is 2. The van der Waals surface area contributed by atoms with Crippen molar-refractivity contribution >= 4 is 46.6 Å². The first-order chi connectivity index (χ1) is 32.0. The number of rotatable bonds is 11. The molecule has 0 fully saturated rings. The number of hydrogen-bond acceptors (Lipinski definition) is 14. The van der Waals surface area contributed by atoms with Gasteiger partial charge in [0, 0.05) is 43.2 Å². The number of esters is 2. The molecular formula is C51H82N6O11Si2. The fourth-order valence-electron chi connectivity index (χ4n) is 6.93. The lowest BCUT2D eigenvalue weighted by atomic mass is 10.0. The summed E-state index contributed by atoms with van der Waals surface area (Å²) in [6.45, 7) is 38.4. The van der Waals surface area contributed by atoms with Crippen molar-refractivity contribution in [2.24, 2.45) is 10.9 Å². The molecule has 3 aromatic rings. The number of aryl methyl sites for hydroxylation is 1. The Morgan fingerprint density at radius 3 is 1.51 bits per heavy atom. The Kier molecular flexibility index (Phi) is 19.8. The van der Waals surface area contributed by atoms with Crippen molar-refractivity contribution in [1.29, 1.82) is 0 Å². The van der Waals surface area contributed by atoms with E-state index in [-0.39, 0.29) is 53.0 Å². The summed E-state index contributed by atoms with van der Waals surface area (Å²) in [5.74, 6) is 0.334. The van der Waals surface area contributed by atoms with Crippen LogP contribution < -0.4 is 16.4 Å². The van der Waals surface area contributed by atoms with Crippen LogP contribution in [0.25, 0.3) is 11.4 Å². The second-order valence-electron chi connectivity index (χ2n) is 22.7. The van der Waals surface area contributed by atoms with Crippen LogP contribution in [0.3, 0.4) is 0 Å². The molecule has 1 aromatic heterocycles. The Morgan fingerprint density at radius 1 is 0.714 bits per heavy atom. The van der Waals surface area contributed by atoms with E-state index in [0.717, 1.165) is 27.8 Å². The predicted octanol–water partition coefficient (Wildman–Crippen LogP) is 11.0. The normalized spacial score (nSPS) is 18.2. The first-order valence-electron chi connectivity index (χ1n) is 24.2. The van der Waals surface area contributed by atoms with Crippen molar-refractivity contribution in [3.8, 4) is 11.4 Å². The van der Waals surface area contributed by atoms with E-state index in [9.17, 15) is 19.2 Å². The largest absolute Gasteiger partial charge is 0.444 e. The summed E-state index contributed by atoms with van der Waals surface area (Å²) in [5.41, 5.74) is 10.3. The lowest BCUT2D eigenvalue weighted by molar-refractivity contribution is -0.159. The second kappa shape index (κ2) is 23.4. The fraction of sp³-hybridized carbons (Fsp3) is 0.627. The van der Waals surface area contributed by atoms with E-state index >= 15 is 0 Å². The standard InChI is InChI=1S/C24H37N3O4Si.C21H35N3O4Si.C6H10O3/c1-10-19-25-21(27-30-19)15-11-12-17-16(13-15)14-18(31-32(8,9)24(5,6)7)20(17)26-22(28)29-23(2,3)4;1-20(2,3)27-19(25)23-17-15-10-9-13(18(22)24-26)11-14(15)12-16(17)28-29(7,8)21(4,5)6;1-3-5(7)9-6(8)4-2/h11-13,18,20H,10,14H2,1-9H3,(H,26,28);9-11,16-17,26H,12H2,1-8H3,(H2,22,24)(H,23,25);3-4H2,1-2H3/t18-,20-;16-,17-;/m00./s1. The highest BCUT2D eigenvalue weighted by Crippen LogP contribution is 2.44. The van der Waals surface area contributed by atoms with E-state index in [0.29, 0.717) is 36.5 Å². The van der Waals surface area contributed by atoms with Gasteiger partial charge in [-0.1, -0.05) is 96.9 Å². The number of nitrogens with zero attached hydrogens (tertiary/aromatic N) is 3. The van der Waals surface area contributed by atoms with Gasteiger partial charge in [-0.2, -0.15) is 4.98 Å². The summed E-state index contributed by atoms with van der Waals surface area (Å²) in [7, 11) is -4.13. The van der Waals surface area contributed by atoms with E-state index in [4.69, 9.17) is 33.8 Å². The van der Waals surface area contributed by atoms with E-state index in [2.05, 4.69) is 104 Å². The minimum atomic E-state index is -2.07. The molecule has 0 aliphatic heterocycles. The molecule has 0 saturated carbocycles. The van der Waals surface area contributed by atoms with Gasteiger partial charge in [-0.25, -0.2) is 9.59 Å². The maximum atomic E-state index is 12.6. The number of amidine groups is 1. The van der Waals surface area contributed by atoms with Crippen LogP contribution in [0.1, 0.15) is 162 Å². The molecule has 0 bridgehead atoms. The first-order valence-corrected chi connectivity index (χ1v) is 30.0. The molecule has 70 heavy (non-hydrogen) atoms. The molecule has 0 radical (unpaired) electrons. The zero-order valence-corrected chi connectivity index (χ0v) is 47.3. The van der Waals surface area contributed by atoms with Gasteiger partial charge >= 0.3 is 24.1 Å². The molecule has 2 aliphatic carbocycles. The fourth-order valence-corrected chi connectivity index (χ4v) is 9.58. The highest BCUT2D eigenvalue weighted by atomic mass is 28.4. The number of carbonyl (C=O) groups excluding carboxylic acids is 4. The molecule has 5 N–H and O–H groups in total. The number of ether oxygens (including phenoxy) is 3. The molecule has 2 aromatic carbocycles. The number of oxime groups is 1. The van der Waals surface area contributed by atoms with Gasteiger partial charge in [0.1, 0.15) is 11.2 Å². The van der Waals surface area contributed by atoms with Gasteiger partial charge in [0.15, 0.2) is 22.5 Å². The lowest BCUT2D eigenvalue weighted by Crippen LogP contribution is -2.47. The number of hydrogen-bond donors (Lipinski definition) is 4. The number of nitrogens with two attached hydrogens (primary N) is 1. The zero-order valence-electron chi connectivity index (χ0n) is 45.3. The number of aromatic nitrogens is 2. The maximum Gasteiger partial charge on any atom is 0.408 e. The van der Waals surface area contributed by atoms with Crippen molar-refractivity contribution in [2.75, 3.05) is 0 Å². The molecular weight excluding hydrogens is 929 g/mol.